The van der Waals surface area contributed by atoms with E-state index in [4.69, 9.17) is 37.0 Å². The first-order valence-electron chi connectivity index (χ1n) is 39.8. The van der Waals surface area contributed by atoms with Crippen molar-refractivity contribution >= 4 is 39.5 Å². The smallest absolute Gasteiger partial charge is 0.462 e. The number of aliphatic hydroxyl groups excluding tert-OH is 1. The normalized spacial score (nSPS) is 14.7. The van der Waals surface area contributed by atoms with Crippen LogP contribution in [0, 0.1) is 23.7 Å². The molecule has 0 heterocycles. The van der Waals surface area contributed by atoms with Gasteiger partial charge < -0.3 is 33.8 Å². The zero-order chi connectivity index (χ0) is 71.0. The summed E-state index contributed by atoms with van der Waals surface area (Å²) in [6.07, 6.45) is 51.3. The van der Waals surface area contributed by atoms with Crippen molar-refractivity contribution in [2.75, 3.05) is 39.6 Å². The highest BCUT2D eigenvalue weighted by Crippen LogP contribution is 2.45. The van der Waals surface area contributed by atoms with Crippen LogP contribution in [0.25, 0.3) is 0 Å². The first-order valence-corrected chi connectivity index (χ1v) is 42.8. The van der Waals surface area contributed by atoms with Gasteiger partial charge in [-0.05, 0) is 49.4 Å². The number of carbonyl (C=O) groups excluding carboxylic acids is 4. The quantitative estimate of drug-likeness (QED) is 0.0222. The van der Waals surface area contributed by atoms with Crippen molar-refractivity contribution in [3.05, 3.63) is 0 Å². The molecule has 3 N–H and O–H groups in total. The minimum atomic E-state index is -4.96. The second-order valence-electron chi connectivity index (χ2n) is 29.2. The van der Waals surface area contributed by atoms with Crippen LogP contribution in [0.4, 0.5) is 0 Å². The number of aliphatic hydroxyl groups is 1. The lowest BCUT2D eigenvalue weighted by molar-refractivity contribution is -0.161. The Kier molecular flexibility index (Phi) is 65.0. The fourth-order valence-electron chi connectivity index (χ4n) is 11.7. The summed E-state index contributed by atoms with van der Waals surface area (Å²) < 4.78 is 68.6. The van der Waals surface area contributed by atoms with Gasteiger partial charge in [-0.3, -0.25) is 37.3 Å². The van der Waals surface area contributed by atoms with Gasteiger partial charge in [0.15, 0.2) is 12.2 Å². The summed E-state index contributed by atoms with van der Waals surface area (Å²) in [6.45, 7) is 14.2. The van der Waals surface area contributed by atoms with E-state index in [2.05, 4.69) is 55.4 Å². The van der Waals surface area contributed by atoms with Gasteiger partial charge in [0.1, 0.15) is 19.3 Å². The number of unbranched alkanes of at least 4 members (excludes halogenated alkanes) is 38. The third-order valence-corrected chi connectivity index (χ3v) is 20.4. The lowest BCUT2D eigenvalue weighted by Gasteiger charge is -2.21. The molecular weight excluding hydrogens is 1260 g/mol. The summed E-state index contributed by atoms with van der Waals surface area (Å²) in [5.74, 6) is 0.973. The van der Waals surface area contributed by atoms with Crippen LogP contribution in [-0.4, -0.2) is 96.7 Å². The van der Waals surface area contributed by atoms with Crippen LogP contribution in [0.2, 0.25) is 0 Å². The molecule has 0 saturated heterocycles. The Balaban J connectivity index is 5.25. The van der Waals surface area contributed by atoms with Crippen LogP contribution in [0.15, 0.2) is 0 Å². The molecule has 0 aromatic rings. The fraction of sp³-hybridized carbons (Fsp3) is 0.948. The molecule has 7 atom stereocenters. The maximum absolute atomic E-state index is 13.1. The van der Waals surface area contributed by atoms with E-state index in [9.17, 15) is 43.2 Å². The molecule has 96 heavy (non-hydrogen) atoms. The maximum Gasteiger partial charge on any atom is 0.472 e. The Morgan fingerprint density at radius 3 is 0.740 bits per heavy atom. The highest BCUT2D eigenvalue weighted by atomic mass is 31.2. The Hall–Kier alpha value is -1.94. The van der Waals surface area contributed by atoms with E-state index in [1.807, 2.05) is 0 Å². The average Bonchev–Trinajstić information content (AvgIpc) is 1.08. The third kappa shape index (κ3) is 67.9. The molecule has 4 unspecified atom stereocenters. The molecule has 0 aromatic carbocycles. The molecular formula is C77H150O17P2. The molecule has 0 aromatic heterocycles. The molecule has 0 aliphatic heterocycles. The lowest BCUT2D eigenvalue weighted by Crippen LogP contribution is -2.30. The van der Waals surface area contributed by atoms with E-state index in [0.29, 0.717) is 25.7 Å². The highest BCUT2D eigenvalue weighted by molar-refractivity contribution is 7.47. The standard InChI is InChI=1S/C77H150O17P2/c1-9-69(7)55-47-39-31-27-28-34-44-52-60-77(82)94-73(64-88-75(80)58-50-42-36-35-40-48-56-70(8)10-2)66-92-96(85,86)90-62-71(78)61-89-95(83,84)91-65-72(63-87-74(79)57-49-41-32-25-21-18-14-16-20-24-30-38-46-54-68(5)6)93-76(81)59-51-43-33-26-22-17-13-11-12-15-19-23-29-37-45-53-67(3)4/h67-73,78H,9-66H2,1-8H3,(H,83,84)(H,85,86)/t69?,70?,71-,72-,73-/m1/s1. The lowest BCUT2D eigenvalue weighted by atomic mass is 9.99. The number of rotatable bonds is 74. The maximum atomic E-state index is 13.1. The van der Waals surface area contributed by atoms with Gasteiger partial charge in [0.05, 0.1) is 26.4 Å². The summed E-state index contributed by atoms with van der Waals surface area (Å²) in [5.41, 5.74) is 0. The zero-order valence-corrected chi connectivity index (χ0v) is 64.8. The van der Waals surface area contributed by atoms with Crippen LogP contribution >= 0.6 is 15.6 Å². The van der Waals surface area contributed by atoms with E-state index in [-0.39, 0.29) is 25.7 Å². The average molecular weight is 1410 g/mol. The molecule has 0 aliphatic carbocycles. The van der Waals surface area contributed by atoms with Crippen molar-refractivity contribution < 1.29 is 80.2 Å². The van der Waals surface area contributed by atoms with Gasteiger partial charge in [-0.2, -0.15) is 0 Å². The van der Waals surface area contributed by atoms with Gasteiger partial charge in [0.25, 0.3) is 0 Å². The van der Waals surface area contributed by atoms with Crippen LogP contribution in [-0.2, 0) is 65.4 Å². The summed E-state index contributed by atoms with van der Waals surface area (Å²) in [7, 11) is -9.92. The summed E-state index contributed by atoms with van der Waals surface area (Å²) in [6, 6.07) is 0. The first-order chi connectivity index (χ1) is 46.2. The van der Waals surface area contributed by atoms with Crippen molar-refractivity contribution in [3.8, 4) is 0 Å². The van der Waals surface area contributed by atoms with Crippen LogP contribution in [0.5, 0.6) is 0 Å². The topological polar surface area (TPSA) is 237 Å². The van der Waals surface area contributed by atoms with Crippen LogP contribution < -0.4 is 0 Å². The predicted octanol–water partition coefficient (Wildman–Crippen LogP) is 22.4. The Bertz CT molecular complexity index is 1890. The van der Waals surface area contributed by atoms with Crippen molar-refractivity contribution in [1.29, 1.82) is 0 Å². The second-order valence-corrected chi connectivity index (χ2v) is 32.1. The number of hydrogen-bond acceptors (Lipinski definition) is 15. The molecule has 19 heteroatoms. The zero-order valence-electron chi connectivity index (χ0n) is 63.0. The van der Waals surface area contributed by atoms with Gasteiger partial charge in [-0.25, -0.2) is 9.13 Å². The largest absolute Gasteiger partial charge is 0.472 e. The van der Waals surface area contributed by atoms with Crippen LogP contribution in [0.1, 0.15) is 389 Å². The van der Waals surface area contributed by atoms with Gasteiger partial charge in [-0.1, -0.05) is 338 Å². The van der Waals surface area contributed by atoms with E-state index in [1.54, 1.807) is 0 Å². The Morgan fingerprint density at radius 2 is 0.500 bits per heavy atom. The van der Waals surface area contributed by atoms with Gasteiger partial charge in [0.2, 0.25) is 0 Å². The molecule has 0 rings (SSSR count). The van der Waals surface area contributed by atoms with Crippen molar-refractivity contribution in [3.63, 3.8) is 0 Å². The van der Waals surface area contributed by atoms with Gasteiger partial charge in [0, 0.05) is 25.7 Å². The number of phosphoric acid groups is 2. The summed E-state index contributed by atoms with van der Waals surface area (Å²) >= 11 is 0. The predicted molar refractivity (Wildman–Crippen MR) is 391 cm³/mol. The first kappa shape index (κ1) is 94.1. The van der Waals surface area contributed by atoms with Gasteiger partial charge in [-0.15, -0.1) is 0 Å². The fourth-order valence-corrected chi connectivity index (χ4v) is 13.2. The number of hydrogen-bond donors (Lipinski definition) is 3. The molecule has 0 amide bonds. The van der Waals surface area contributed by atoms with E-state index in [1.165, 1.54) is 186 Å². The van der Waals surface area contributed by atoms with E-state index in [0.717, 1.165) is 120 Å². The molecule has 17 nitrogen and oxygen atoms in total. The number of esters is 4. The van der Waals surface area contributed by atoms with Gasteiger partial charge >= 0.3 is 39.5 Å². The summed E-state index contributed by atoms with van der Waals surface area (Å²) in [4.78, 5) is 72.9. The molecule has 0 radical (unpaired) electrons. The Labute approximate surface area is 588 Å². The van der Waals surface area contributed by atoms with Crippen LogP contribution in [0.3, 0.4) is 0 Å². The van der Waals surface area contributed by atoms with E-state index >= 15 is 0 Å². The minimum Gasteiger partial charge on any atom is -0.462 e. The molecule has 0 saturated carbocycles. The SMILES string of the molecule is CCC(C)CCCCCCCCCCC(=O)O[C@H](COC(=O)CCCCCCCCC(C)CC)COP(=O)(O)OC[C@H](O)COP(=O)(O)OC[C@@H](COC(=O)CCCCCCCCCCCCCCCC(C)C)OC(=O)CCCCCCCCCCCCCCCCCC(C)C. The van der Waals surface area contributed by atoms with Crippen molar-refractivity contribution in [2.24, 2.45) is 23.7 Å². The second kappa shape index (κ2) is 66.3. The van der Waals surface area contributed by atoms with E-state index < -0.39 is 97.5 Å². The molecule has 570 valence electrons. The van der Waals surface area contributed by atoms with Crippen molar-refractivity contribution in [2.45, 2.75) is 408 Å². The number of phosphoric ester groups is 2. The monoisotopic (exact) mass is 1410 g/mol. The minimum absolute atomic E-state index is 0.104. The molecule has 0 spiro atoms. The molecule has 0 aliphatic rings. The van der Waals surface area contributed by atoms with Crippen molar-refractivity contribution in [1.82, 2.24) is 0 Å². The third-order valence-electron chi connectivity index (χ3n) is 18.5. The molecule has 0 bridgehead atoms. The Morgan fingerprint density at radius 1 is 0.292 bits per heavy atom. The number of carbonyl (C=O) groups is 4. The molecule has 0 fully saturated rings. The summed E-state index contributed by atoms with van der Waals surface area (Å²) in [5, 5.41) is 10.6. The highest BCUT2D eigenvalue weighted by Gasteiger charge is 2.30. The number of ether oxygens (including phenoxy) is 4.